The van der Waals surface area contributed by atoms with Crippen LogP contribution in [0.4, 0.5) is 10.1 Å². The molecule has 7 rings (SSSR count). The van der Waals surface area contributed by atoms with Crippen LogP contribution in [0.25, 0.3) is 6.08 Å². The van der Waals surface area contributed by atoms with Crippen LogP contribution < -0.4 is 5.32 Å². The molecule has 0 aromatic heterocycles. The molecule has 1 amide bonds. The second-order valence-electron chi connectivity index (χ2n) is 12.1. The van der Waals surface area contributed by atoms with E-state index in [4.69, 9.17) is 0 Å². The maximum Gasteiger partial charge on any atom is 0.238 e. The summed E-state index contributed by atoms with van der Waals surface area (Å²) in [5.74, 6) is -1.98. The smallest absolute Gasteiger partial charge is 0.238 e. The van der Waals surface area contributed by atoms with Gasteiger partial charge in [-0.15, -0.1) is 0 Å². The molecule has 4 aromatic rings. The van der Waals surface area contributed by atoms with Gasteiger partial charge in [-0.05, 0) is 71.0 Å². The monoisotopic (exact) mass is 570 g/mol. The molecule has 6 heteroatoms. The van der Waals surface area contributed by atoms with Gasteiger partial charge >= 0.3 is 0 Å². The van der Waals surface area contributed by atoms with E-state index in [1.54, 1.807) is 0 Å². The lowest BCUT2D eigenvalue weighted by Gasteiger charge is -2.38. The number of ketones is 2. The van der Waals surface area contributed by atoms with Crippen molar-refractivity contribution < 1.29 is 18.8 Å². The summed E-state index contributed by atoms with van der Waals surface area (Å²) in [6.45, 7) is 4.29. The third-order valence-electron chi connectivity index (χ3n) is 9.13. The number of nitrogens with one attached hydrogen (secondary N) is 1. The number of amides is 1. The number of hydrogen-bond donors (Lipinski definition) is 1. The number of carbonyl (C=O) groups is 3. The molecule has 0 aliphatic carbocycles. The van der Waals surface area contributed by atoms with Crippen LogP contribution in [-0.2, 0) is 16.6 Å². The van der Waals surface area contributed by atoms with Gasteiger partial charge in [0.05, 0.1) is 12.0 Å². The van der Waals surface area contributed by atoms with Crippen molar-refractivity contribution in [1.29, 1.82) is 0 Å². The van der Waals surface area contributed by atoms with Gasteiger partial charge in [0, 0.05) is 23.0 Å². The summed E-state index contributed by atoms with van der Waals surface area (Å²) in [5, 5.41) is 3.06. The van der Waals surface area contributed by atoms with E-state index < -0.39 is 29.2 Å². The first-order valence-electron chi connectivity index (χ1n) is 14.7. The average Bonchev–Trinajstić information content (AvgIpc) is 3.49. The molecule has 0 radical (unpaired) electrons. The van der Waals surface area contributed by atoms with Gasteiger partial charge < -0.3 is 10.2 Å². The Labute approximate surface area is 250 Å². The van der Waals surface area contributed by atoms with Crippen molar-refractivity contribution in [2.45, 2.75) is 37.8 Å². The van der Waals surface area contributed by atoms with Crippen molar-refractivity contribution in [1.82, 2.24) is 4.90 Å². The second-order valence-corrected chi connectivity index (χ2v) is 12.1. The predicted octanol–water partition coefficient (Wildman–Crippen LogP) is 7.01. The predicted molar refractivity (Wildman–Crippen MR) is 164 cm³/mol. The van der Waals surface area contributed by atoms with E-state index >= 15 is 0 Å². The fraction of sp³-hybridized carbons (Fsp3) is 0.216. The molecule has 1 spiro atoms. The minimum Gasteiger partial charge on any atom is -0.358 e. The normalized spacial score (nSPS) is 23.2. The number of carbonyl (C=O) groups excluding carboxylic acids is 3. The van der Waals surface area contributed by atoms with E-state index in [0.29, 0.717) is 22.7 Å². The number of nitrogens with zero attached hydrogens (tertiary/aromatic N) is 1. The van der Waals surface area contributed by atoms with E-state index in [2.05, 4.69) is 19.2 Å². The molecule has 4 atom stereocenters. The summed E-state index contributed by atoms with van der Waals surface area (Å²) < 4.78 is 13.9. The van der Waals surface area contributed by atoms with Crippen LogP contribution in [0.3, 0.4) is 0 Å². The summed E-state index contributed by atoms with van der Waals surface area (Å²) in [6, 6.07) is 26.6. The molecule has 0 unspecified atom stereocenters. The number of anilines is 1. The van der Waals surface area contributed by atoms with Gasteiger partial charge in [0.1, 0.15) is 17.3 Å². The molecule has 214 valence electrons. The Bertz CT molecular complexity index is 1790. The molecule has 3 aliphatic heterocycles. The molecule has 3 aliphatic rings. The topological polar surface area (TPSA) is 66.5 Å². The fourth-order valence-electron chi connectivity index (χ4n) is 7.41. The largest absolute Gasteiger partial charge is 0.358 e. The van der Waals surface area contributed by atoms with Crippen LogP contribution in [0.15, 0.2) is 103 Å². The van der Waals surface area contributed by atoms with Gasteiger partial charge in [-0.25, -0.2) is 4.39 Å². The number of hydrogen-bond acceptors (Lipinski definition) is 4. The second kappa shape index (κ2) is 10.2. The Kier molecular flexibility index (Phi) is 6.38. The van der Waals surface area contributed by atoms with Crippen molar-refractivity contribution in [2.24, 2.45) is 11.8 Å². The molecule has 1 saturated heterocycles. The number of Topliss-reactive ketones (excluding diaryl/α,β-unsaturated/α-hetero) is 2. The van der Waals surface area contributed by atoms with Crippen LogP contribution in [0.5, 0.6) is 0 Å². The first-order valence-corrected chi connectivity index (χ1v) is 14.7. The van der Waals surface area contributed by atoms with E-state index in [1.165, 1.54) is 24.3 Å². The highest BCUT2D eigenvalue weighted by atomic mass is 19.1. The number of benzene rings is 4. The maximum absolute atomic E-state index is 14.9. The summed E-state index contributed by atoms with van der Waals surface area (Å²) in [7, 11) is 0. The molecule has 0 bridgehead atoms. The van der Waals surface area contributed by atoms with Crippen LogP contribution in [0.1, 0.15) is 62.9 Å². The average molecular weight is 571 g/mol. The van der Waals surface area contributed by atoms with Crippen molar-refractivity contribution in [2.75, 3.05) is 5.32 Å². The molecule has 4 aromatic carbocycles. The van der Waals surface area contributed by atoms with Crippen LogP contribution in [0, 0.1) is 17.7 Å². The van der Waals surface area contributed by atoms with E-state index in [-0.39, 0.29) is 23.0 Å². The minimum atomic E-state index is -1.40. The van der Waals surface area contributed by atoms with Gasteiger partial charge in [0.15, 0.2) is 11.6 Å². The van der Waals surface area contributed by atoms with E-state index in [0.717, 1.165) is 23.1 Å². The lowest BCUT2D eigenvalue weighted by atomic mass is 9.62. The lowest BCUT2D eigenvalue weighted by Crippen LogP contribution is -2.49. The Balaban J connectivity index is 1.48. The summed E-state index contributed by atoms with van der Waals surface area (Å²) in [6.07, 6.45) is 4.64. The van der Waals surface area contributed by atoms with Crippen LogP contribution in [0.2, 0.25) is 0 Å². The Morgan fingerprint density at radius 2 is 1.51 bits per heavy atom. The maximum atomic E-state index is 14.9. The summed E-state index contributed by atoms with van der Waals surface area (Å²) in [5.41, 5.74) is 3.59. The zero-order chi connectivity index (χ0) is 29.9. The molecular formula is C37H31FN2O3. The minimum absolute atomic E-state index is 0.274. The molecule has 1 fully saturated rings. The van der Waals surface area contributed by atoms with E-state index in [9.17, 15) is 18.8 Å². The third-order valence-corrected chi connectivity index (χ3v) is 9.13. The Hall–Kier alpha value is -4.84. The van der Waals surface area contributed by atoms with Crippen molar-refractivity contribution >= 4 is 29.2 Å². The highest BCUT2D eigenvalue weighted by molar-refractivity contribution is 6.16. The highest BCUT2D eigenvalue weighted by Gasteiger charge is 2.70. The number of fused-ring (bicyclic) bond motifs is 6. The molecule has 3 heterocycles. The molecular weight excluding hydrogens is 539 g/mol. The van der Waals surface area contributed by atoms with Gasteiger partial charge in [0.2, 0.25) is 5.91 Å². The van der Waals surface area contributed by atoms with Crippen LogP contribution in [-0.4, -0.2) is 28.4 Å². The van der Waals surface area contributed by atoms with Gasteiger partial charge in [-0.1, -0.05) is 80.6 Å². The zero-order valence-electron chi connectivity index (χ0n) is 24.0. The van der Waals surface area contributed by atoms with Gasteiger partial charge in [0.25, 0.3) is 0 Å². The highest BCUT2D eigenvalue weighted by Crippen LogP contribution is 2.62. The van der Waals surface area contributed by atoms with Gasteiger partial charge in [-0.2, -0.15) is 0 Å². The quantitative estimate of drug-likeness (QED) is 0.254. The van der Waals surface area contributed by atoms with Crippen LogP contribution >= 0.6 is 0 Å². The Morgan fingerprint density at radius 3 is 2.26 bits per heavy atom. The standard InChI is InChI=1S/C37H31FN2O3/c1-22(2)21-23-11-13-25(14-12-23)33(41)31-32(34(42)26-15-17-27(38)18-16-26)40-20-19-24-7-3-4-8-28(24)35(40)37(31)29-9-5-6-10-30(29)39-36(37)43/h3-20,22,31-32,35H,21H2,1-2H3,(H,39,43)/t31-,32+,35+,37-/m0/s1. The van der Waals surface area contributed by atoms with E-state index in [1.807, 2.05) is 90.0 Å². The van der Waals surface area contributed by atoms with Crippen molar-refractivity contribution in [3.05, 3.63) is 142 Å². The molecule has 1 N–H and O–H groups in total. The first-order chi connectivity index (χ1) is 20.8. The number of halogens is 1. The zero-order valence-corrected chi connectivity index (χ0v) is 24.0. The molecule has 43 heavy (non-hydrogen) atoms. The fourth-order valence-corrected chi connectivity index (χ4v) is 7.41. The Morgan fingerprint density at radius 1 is 0.860 bits per heavy atom. The van der Waals surface area contributed by atoms with Crippen molar-refractivity contribution in [3.8, 4) is 0 Å². The lowest BCUT2D eigenvalue weighted by molar-refractivity contribution is -0.122. The third kappa shape index (κ3) is 4.08. The van der Waals surface area contributed by atoms with Crippen molar-refractivity contribution in [3.63, 3.8) is 0 Å². The number of para-hydroxylation sites is 1. The summed E-state index contributed by atoms with van der Waals surface area (Å²) >= 11 is 0. The summed E-state index contributed by atoms with van der Waals surface area (Å²) in [4.78, 5) is 45.8. The molecule has 0 saturated carbocycles. The SMILES string of the molecule is CC(C)Cc1ccc(C(=O)[C@@H]2[C@H](C(=O)c3ccc(F)cc3)N3C=Cc4ccccc4[C@@H]3[C@@]23C(=O)Nc2ccccc23)cc1. The molecule has 5 nitrogen and oxygen atoms in total. The van der Waals surface area contributed by atoms with Gasteiger partial charge in [-0.3, -0.25) is 14.4 Å². The number of rotatable bonds is 6. The first kappa shape index (κ1) is 27.0.